The van der Waals surface area contributed by atoms with Gasteiger partial charge in [-0.15, -0.1) is 0 Å². The van der Waals surface area contributed by atoms with Crippen LogP contribution in [0.4, 0.5) is 11.4 Å². The van der Waals surface area contributed by atoms with E-state index in [2.05, 4.69) is 10.3 Å². The van der Waals surface area contributed by atoms with E-state index in [9.17, 15) is 23.8 Å². The fourth-order valence-electron chi connectivity index (χ4n) is 3.09. The monoisotopic (exact) mass is 460 g/mol. The molecule has 0 aliphatic rings. The molecule has 31 heavy (non-hydrogen) atoms. The minimum Gasteiger partial charge on any atom is -0.376 e. The predicted octanol–water partition coefficient (Wildman–Crippen LogP) is 4.19. The van der Waals surface area contributed by atoms with Crippen molar-refractivity contribution in [2.24, 2.45) is 0 Å². The van der Waals surface area contributed by atoms with Crippen LogP contribution in [0.5, 0.6) is 0 Å². The summed E-state index contributed by atoms with van der Waals surface area (Å²) in [5.74, 6) is 0. The molecule has 11 heteroatoms. The van der Waals surface area contributed by atoms with Gasteiger partial charge in [0.25, 0.3) is 15.8 Å². The lowest BCUT2D eigenvalue weighted by atomic mass is 10.0. The van der Waals surface area contributed by atoms with E-state index in [4.69, 9.17) is 15.8 Å². The summed E-state index contributed by atoms with van der Waals surface area (Å²) in [5, 5.41) is 24.5. The van der Waals surface area contributed by atoms with Crippen molar-refractivity contribution in [1.82, 2.24) is 4.98 Å². The Morgan fingerprint density at radius 2 is 2.03 bits per heavy atom. The fraction of sp³-hybridized carbons (Fsp3) is 0.200. The molecule has 0 bridgehead atoms. The first-order valence-electron chi connectivity index (χ1n) is 9.02. The van der Waals surface area contributed by atoms with Crippen LogP contribution in [0.25, 0.3) is 10.9 Å². The van der Waals surface area contributed by atoms with Crippen molar-refractivity contribution >= 4 is 44.0 Å². The topological polar surface area (TPSA) is 135 Å². The molecule has 9 nitrogen and oxygen atoms in total. The zero-order valence-electron chi connectivity index (χ0n) is 16.3. The number of pyridine rings is 1. The van der Waals surface area contributed by atoms with Gasteiger partial charge in [-0.2, -0.15) is 13.7 Å². The number of rotatable bonds is 8. The van der Waals surface area contributed by atoms with E-state index in [0.717, 1.165) is 11.8 Å². The normalized spacial score (nSPS) is 12.3. The Balaban J connectivity index is 2.10. The number of fused-ring (bicyclic) bond motifs is 1. The molecular formula is C20H17ClN4O5S. The van der Waals surface area contributed by atoms with Crippen LogP contribution in [0.1, 0.15) is 23.6 Å². The quantitative estimate of drug-likeness (QED) is 0.300. The van der Waals surface area contributed by atoms with Gasteiger partial charge in [-0.1, -0.05) is 41.9 Å². The van der Waals surface area contributed by atoms with Crippen LogP contribution >= 0.6 is 11.6 Å². The molecule has 0 fully saturated rings. The van der Waals surface area contributed by atoms with Crippen LogP contribution in [0, 0.1) is 21.4 Å². The van der Waals surface area contributed by atoms with Crippen molar-refractivity contribution in [2.75, 3.05) is 18.2 Å². The maximum atomic E-state index is 11.3. The van der Waals surface area contributed by atoms with Gasteiger partial charge in [-0.3, -0.25) is 19.3 Å². The summed E-state index contributed by atoms with van der Waals surface area (Å²) in [4.78, 5) is 14.9. The van der Waals surface area contributed by atoms with Gasteiger partial charge in [0.05, 0.1) is 45.6 Å². The van der Waals surface area contributed by atoms with E-state index in [0.29, 0.717) is 16.6 Å². The number of nitro benzene ring substituents is 1. The molecule has 2 aromatic carbocycles. The van der Waals surface area contributed by atoms with Gasteiger partial charge in [0.15, 0.2) is 0 Å². The molecule has 1 N–H and O–H groups in total. The van der Waals surface area contributed by atoms with Crippen molar-refractivity contribution in [3.8, 4) is 6.07 Å². The zero-order chi connectivity index (χ0) is 22.6. The summed E-state index contributed by atoms with van der Waals surface area (Å²) >= 11 is 6.20. The average Bonchev–Trinajstić information content (AvgIpc) is 2.72. The molecule has 3 aromatic rings. The summed E-state index contributed by atoms with van der Waals surface area (Å²) in [6, 6.07) is 13.2. The first-order chi connectivity index (χ1) is 14.7. The summed E-state index contributed by atoms with van der Waals surface area (Å²) in [7, 11) is -3.63. The molecule has 0 saturated heterocycles. The summed E-state index contributed by atoms with van der Waals surface area (Å²) in [6.45, 7) is -0.1000. The molecule has 3 rings (SSSR count). The third kappa shape index (κ3) is 5.46. The lowest BCUT2D eigenvalue weighted by Gasteiger charge is -2.22. The van der Waals surface area contributed by atoms with Crippen LogP contribution < -0.4 is 5.32 Å². The number of nitrogens with one attached hydrogen (secondary N) is 1. The van der Waals surface area contributed by atoms with Gasteiger partial charge in [-0.05, 0) is 12.0 Å². The number of nitriles is 1. The van der Waals surface area contributed by atoms with E-state index in [-0.39, 0.29) is 29.3 Å². The number of aromatic nitrogens is 1. The standard InChI is InChI=1S/C20H17ClN4O5S/c1-31(28,29)30-8-7-18(13-5-3-2-4-6-13)24-19-14(11-22)12-23-20-16(19)9-15(25(26)27)10-17(20)21/h2-6,9-10,12,18H,7-8H2,1H3,(H,23,24)/t18-/m1/s1. The highest BCUT2D eigenvalue weighted by molar-refractivity contribution is 7.85. The highest BCUT2D eigenvalue weighted by atomic mass is 35.5. The maximum absolute atomic E-state index is 11.3. The highest BCUT2D eigenvalue weighted by Crippen LogP contribution is 2.36. The average molecular weight is 461 g/mol. The molecule has 0 unspecified atom stereocenters. The van der Waals surface area contributed by atoms with Crippen LogP contribution in [0.15, 0.2) is 48.7 Å². The lowest BCUT2D eigenvalue weighted by molar-refractivity contribution is -0.384. The number of nitrogens with zero attached hydrogens (tertiary/aromatic N) is 3. The first kappa shape index (κ1) is 22.4. The predicted molar refractivity (Wildman–Crippen MR) is 116 cm³/mol. The minimum atomic E-state index is -3.63. The number of anilines is 1. The summed E-state index contributed by atoms with van der Waals surface area (Å²) in [6.07, 6.45) is 2.54. The number of nitro groups is 1. The van der Waals surface area contributed by atoms with Crippen molar-refractivity contribution in [2.45, 2.75) is 12.5 Å². The molecule has 160 valence electrons. The number of halogens is 1. The van der Waals surface area contributed by atoms with Crippen molar-refractivity contribution in [1.29, 1.82) is 5.26 Å². The molecular weight excluding hydrogens is 444 g/mol. The largest absolute Gasteiger partial charge is 0.376 e. The van der Waals surface area contributed by atoms with Crippen molar-refractivity contribution in [3.05, 3.63) is 74.9 Å². The maximum Gasteiger partial charge on any atom is 0.271 e. The summed E-state index contributed by atoms with van der Waals surface area (Å²) in [5.41, 5.74) is 1.34. The van der Waals surface area contributed by atoms with Gasteiger partial charge in [0.2, 0.25) is 0 Å². The molecule has 1 aromatic heterocycles. The Bertz CT molecular complexity index is 1280. The number of hydrogen-bond donors (Lipinski definition) is 1. The van der Waals surface area contributed by atoms with Crippen LogP contribution in [-0.4, -0.2) is 31.2 Å². The van der Waals surface area contributed by atoms with Crippen molar-refractivity contribution < 1.29 is 17.5 Å². The number of benzene rings is 2. The van der Waals surface area contributed by atoms with E-state index < -0.39 is 21.1 Å². The van der Waals surface area contributed by atoms with Gasteiger partial charge >= 0.3 is 0 Å². The van der Waals surface area contributed by atoms with E-state index in [1.54, 1.807) is 0 Å². The van der Waals surface area contributed by atoms with Gasteiger partial charge in [-0.25, -0.2) is 0 Å². The molecule has 0 aliphatic heterocycles. The first-order valence-corrected chi connectivity index (χ1v) is 11.2. The summed E-state index contributed by atoms with van der Waals surface area (Å²) < 4.78 is 27.6. The highest BCUT2D eigenvalue weighted by Gasteiger charge is 2.20. The second kappa shape index (κ2) is 9.26. The minimum absolute atomic E-state index is 0.0772. The SMILES string of the molecule is CS(=O)(=O)OCC[C@@H](Nc1c(C#N)cnc2c(Cl)cc([N+](=O)[O-])cc12)c1ccccc1. The van der Waals surface area contributed by atoms with E-state index in [1.807, 2.05) is 36.4 Å². The van der Waals surface area contributed by atoms with Crippen LogP contribution in [-0.2, 0) is 14.3 Å². The Kier molecular flexibility index (Phi) is 6.70. The molecule has 0 amide bonds. The molecule has 0 saturated carbocycles. The third-order valence-corrected chi connectivity index (χ3v) is 5.35. The molecule has 0 spiro atoms. The Hall–Kier alpha value is -3.26. The molecule has 1 heterocycles. The van der Waals surface area contributed by atoms with Crippen LogP contribution in [0.3, 0.4) is 0 Å². The van der Waals surface area contributed by atoms with E-state index in [1.165, 1.54) is 18.3 Å². The second-order valence-corrected chi connectivity index (χ2v) is 8.71. The molecule has 1 atom stereocenters. The fourth-order valence-corrected chi connectivity index (χ4v) is 3.75. The number of hydrogen-bond acceptors (Lipinski definition) is 8. The van der Waals surface area contributed by atoms with Gasteiger partial charge in [0, 0.05) is 23.7 Å². The van der Waals surface area contributed by atoms with E-state index >= 15 is 0 Å². The number of non-ortho nitro benzene ring substituents is 1. The zero-order valence-corrected chi connectivity index (χ0v) is 17.9. The van der Waals surface area contributed by atoms with Gasteiger partial charge < -0.3 is 5.32 Å². The Morgan fingerprint density at radius 1 is 1.32 bits per heavy atom. The Morgan fingerprint density at radius 3 is 2.65 bits per heavy atom. The lowest BCUT2D eigenvalue weighted by Crippen LogP contribution is -2.16. The van der Waals surface area contributed by atoms with Crippen LogP contribution in [0.2, 0.25) is 5.02 Å². The molecule has 0 radical (unpaired) electrons. The second-order valence-electron chi connectivity index (χ2n) is 6.66. The third-order valence-electron chi connectivity index (χ3n) is 4.47. The molecule has 0 aliphatic carbocycles. The Labute approximate surface area is 183 Å². The van der Waals surface area contributed by atoms with Gasteiger partial charge in [0.1, 0.15) is 6.07 Å². The van der Waals surface area contributed by atoms with Crippen molar-refractivity contribution in [3.63, 3.8) is 0 Å². The smallest absolute Gasteiger partial charge is 0.271 e.